The van der Waals surface area contributed by atoms with Gasteiger partial charge in [0.15, 0.2) is 11.8 Å². The number of benzene rings is 1. The minimum Gasteiger partial charge on any atom is -0.385 e. The highest BCUT2D eigenvalue weighted by Crippen LogP contribution is 2.19. The second-order valence-corrected chi connectivity index (χ2v) is 7.53. The third kappa shape index (κ3) is 7.45. The predicted molar refractivity (Wildman–Crippen MR) is 137 cm³/mol. The zero-order valence-corrected chi connectivity index (χ0v) is 21.6. The molecule has 0 aliphatic carbocycles. The van der Waals surface area contributed by atoms with Gasteiger partial charge in [0.25, 0.3) is 0 Å². The summed E-state index contributed by atoms with van der Waals surface area (Å²) in [6.45, 7) is 4.36. The lowest BCUT2D eigenvalue weighted by molar-refractivity contribution is 0.195. The van der Waals surface area contributed by atoms with Gasteiger partial charge in [0, 0.05) is 51.3 Å². The van der Waals surface area contributed by atoms with Crippen LogP contribution in [0.3, 0.4) is 0 Å². The zero-order valence-electron chi connectivity index (χ0n) is 18.5. The molecule has 1 unspecified atom stereocenters. The number of hydrogen-bond acceptors (Lipinski definition) is 5. The lowest BCUT2D eigenvalue weighted by atomic mass is 10.1. The highest BCUT2D eigenvalue weighted by atomic mass is 127. The Morgan fingerprint density at radius 2 is 2.00 bits per heavy atom. The molecule has 0 aliphatic rings. The van der Waals surface area contributed by atoms with Crippen molar-refractivity contribution < 1.29 is 4.74 Å². The van der Waals surface area contributed by atoms with Crippen LogP contribution in [0, 0.1) is 6.92 Å². The lowest BCUT2D eigenvalue weighted by Crippen LogP contribution is -2.41. The van der Waals surface area contributed by atoms with Gasteiger partial charge in [-0.2, -0.15) is 5.10 Å². The number of aryl methyl sites for hydroxylation is 1. The smallest absolute Gasteiger partial charge is 0.191 e. The van der Waals surface area contributed by atoms with Crippen molar-refractivity contribution in [2.75, 3.05) is 26.8 Å². The number of aromatic nitrogens is 5. The van der Waals surface area contributed by atoms with Crippen molar-refractivity contribution in [3.05, 3.63) is 65.0 Å². The largest absolute Gasteiger partial charge is 0.385 e. The number of halogens is 2. The van der Waals surface area contributed by atoms with Gasteiger partial charge in [-0.1, -0.05) is 23.7 Å². The van der Waals surface area contributed by atoms with Gasteiger partial charge in [0.05, 0.1) is 6.04 Å². The van der Waals surface area contributed by atoms with Gasteiger partial charge in [0.2, 0.25) is 0 Å². The van der Waals surface area contributed by atoms with E-state index in [4.69, 9.17) is 21.3 Å². The van der Waals surface area contributed by atoms with E-state index in [9.17, 15) is 0 Å². The third-order valence-corrected chi connectivity index (χ3v) is 5.19. The number of aliphatic imine (C=N–C) groups is 1. The third-order valence-electron chi connectivity index (χ3n) is 4.94. The molecule has 32 heavy (non-hydrogen) atoms. The highest BCUT2D eigenvalue weighted by molar-refractivity contribution is 14.0. The minimum atomic E-state index is -0.0182. The molecule has 2 aromatic heterocycles. The summed E-state index contributed by atoms with van der Waals surface area (Å²) in [6, 6.07) is 9.71. The highest BCUT2D eigenvalue weighted by Gasteiger charge is 2.15. The molecule has 0 saturated heterocycles. The molecule has 0 saturated carbocycles. The Balaban J connectivity index is 0.00000363. The van der Waals surface area contributed by atoms with E-state index < -0.39 is 0 Å². The monoisotopic (exact) mass is 572 g/mol. The fourth-order valence-corrected chi connectivity index (χ4v) is 3.17. The first-order valence-electron chi connectivity index (χ1n) is 10.2. The molecular formula is C21H30ClIN8O. The van der Waals surface area contributed by atoms with Crippen LogP contribution in [-0.2, 0) is 18.3 Å². The number of hydrogen-bond donors (Lipinski definition) is 2. The summed E-state index contributed by atoms with van der Waals surface area (Å²) in [6.07, 6.45) is 4.60. The van der Waals surface area contributed by atoms with Crippen molar-refractivity contribution in [1.29, 1.82) is 0 Å². The molecule has 0 radical (unpaired) electrons. The van der Waals surface area contributed by atoms with Crippen molar-refractivity contribution in [2.24, 2.45) is 12.0 Å². The van der Waals surface area contributed by atoms with Crippen LogP contribution in [0.5, 0.6) is 0 Å². The number of nitrogens with zero attached hydrogens (tertiary/aromatic N) is 6. The topological polar surface area (TPSA) is 94.2 Å². The Hall–Kier alpha value is -2.18. The molecular weight excluding hydrogens is 543 g/mol. The van der Waals surface area contributed by atoms with Gasteiger partial charge >= 0.3 is 0 Å². The van der Waals surface area contributed by atoms with Gasteiger partial charge in [-0.3, -0.25) is 4.68 Å². The van der Waals surface area contributed by atoms with Gasteiger partial charge in [-0.25, -0.2) is 4.99 Å². The summed E-state index contributed by atoms with van der Waals surface area (Å²) in [7, 11) is 3.64. The van der Waals surface area contributed by atoms with Crippen molar-refractivity contribution in [1.82, 2.24) is 35.2 Å². The molecule has 11 heteroatoms. The van der Waals surface area contributed by atoms with Gasteiger partial charge < -0.3 is 19.9 Å². The van der Waals surface area contributed by atoms with E-state index in [0.29, 0.717) is 30.7 Å². The van der Waals surface area contributed by atoms with E-state index >= 15 is 0 Å². The molecule has 0 amide bonds. The first kappa shape index (κ1) is 26.1. The van der Waals surface area contributed by atoms with Crippen LogP contribution in [-0.4, -0.2) is 57.3 Å². The van der Waals surface area contributed by atoms with E-state index in [1.165, 1.54) is 0 Å². The normalized spacial score (nSPS) is 12.3. The predicted octanol–water partition coefficient (Wildman–Crippen LogP) is 2.95. The summed E-state index contributed by atoms with van der Waals surface area (Å²) in [5.74, 6) is 2.36. The number of nitrogens with one attached hydrogen (secondary N) is 2. The van der Waals surface area contributed by atoms with Crippen molar-refractivity contribution in [2.45, 2.75) is 25.9 Å². The minimum absolute atomic E-state index is 0. The Morgan fingerprint density at radius 3 is 2.62 bits per heavy atom. The average Bonchev–Trinajstić information content (AvgIpc) is 3.41. The Morgan fingerprint density at radius 1 is 1.22 bits per heavy atom. The molecule has 1 atom stereocenters. The van der Waals surface area contributed by atoms with E-state index in [1.807, 2.05) is 59.7 Å². The van der Waals surface area contributed by atoms with Gasteiger partial charge in [-0.05, 0) is 37.1 Å². The number of rotatable bonds is 10. The van der Waals surface area contributed by atoms with Crippen molar-refractivity contribution >= 4 is 41.5 Å². The van der Waals surface area contributed by atoms with Crippen molar-refractivity contribution in [3.8, 4) is 0 Å². The van der Waals surface area contributed by atoms with Crippen LogP contribution in [0.4, 0.5) is 0 Å². The fourth-order valence-electron chi connectivity index (χ4n) is 3.04. The SMILES string of the molecule is COCCCNC(=NCc1nnc(C)n1C)NCC(c1ccc(Cl)cc1)n1cccn1.I. The zero-order chi connectivity index (χ0) is 22.1. The number of ether oxygens (including phenoxy) is 1. The van der Waals surface area contributed by atoms with Gasteiger partial charge in [-0.15, -0.1) is 34.2 Å². The summed E-state index contributed by atoms with van der Waals surface area (Å²) in [5.41, 5.74) is 1.10. The Labute approximate surface area is 210 Å². The fraction of sp³-hybridized carbons (Fsp3) is 0.429. The molecule has 9 nitrogen and oxygen atoms in total. The van der Waals surface area contributed by atoms with Crippen molar-refractivity contribution in [3.63, 3.8) is 0 Å². The van der Waals surface area contributed by atoms with Crippen LogP contribution >= 0.6 is 35.6 Å². The standard InChI is InChI=1S/C21H29ClN8O.HI/c1-16-27-28-20(29(16)2)15-25-21(23-10-5-13-31-3)24-14-19(30-12-4-11-26-30)17-6-8-18(22)9-7-17;/h4,6-9,11-12,19H,5,10,13-15H2,1-3H3,(H2,23,24,25);1H. The molecule has 0 spiro atoms. The first-order chi connectivity index (χ1) is 15.1. The molecule has 174 valence electrons. The molecule has 3 rings (SSSR count). The maximum Gasteiger partial charge on any atom is 0.191 e. The molecule has 0 fully saturated rings. The van der Waals surface area contributed by atoms with Crippen LogP contribution < -0.4 is 10.6 Å². The molecule has 2 heterocycles. The maximum absolute atomic E-state index is 6.08. The quantitative estimate of drug-likeness (QED) is 0.168. The van der Waals surface area contributed by atoms with E-state index in [-0.39, 0.29) is 30.0 Å². The Kier molecular flexibility index (Phi) is 10.9. The maximum atomic E-state index is 6.08. The summed E-state index contributed by atoms with van der Waals surface area (Å²) in [4.78, 5) is 4.71. The van der Waals surface area contributed by atoms with E-state index in [2.05, 4.69) is 25.9 Å². The summed E-state index contributed by atoms with van der Waals surface area (Å²) >= 11 is 6.08. The van der Waals surface area contributed by atoms with Gasteiger partial charge in [0.1, 0.15) is 12.4 Å². The molecule has 0 bridgehead atoms. The molecule has 1 aromatic carbocycles. The lowest BCUT2D eigenvalue weighted by Gasteiger charge is -2.21. The number of guanidine groups is 1. The van der Waals surface area contributed by atoms with Crippen LogP contribution in [0.15, 0.2) is 47.7 Å². The van der Waals surface area contributed by atoms with Crippen LogP contribution in [0.2, 0.25) is 5.02 Å². The second kappa shape index (κ2) is 13.4. The Bertz CT molecular complexity index is 959. The molecule has 2 N–H and O–H groups in total. The molecule has 0 aliphatic heterocycles. The number of methoxy groups -OCH3 is 1. The van der Waals surface area contributed by atoms with E-state index in [1.54, 1.807) is 13.3 Å². The second-order valence-electron chi connectivity index (χ2n) is 7.09. The van der Waals surface area contributed by atoms with E-state index in [0.717, 1.165) is 30.2 Å². The average molecular weight is 573 g/mol. The summed E-state index contributed by atoms with van der Waals surface area (Å²) < 4.78 is 9.00. The molecule has 3 aromatic rings. The first-order valence-corrected chi connectivity index (χ1v) is 10.6. The van der Waals surface area contributed by atoms with Crippen LogP contribution in [0.25, 0.3) is 0 Å². The summed E-state index contributed by atoms with van der Waals surface area (Å²) in [5, 5.41) is 20.2. The van der Waals surface area contributed by atoms with Crippen LogP contribution in [0.1, 0.15) is 29.7 Å².